The molecule has 0 radical (unpaired) electrons. The molecule has 0 saturated heterocycles. The number of nitrogens with one attached hydrogen (secondary N) is 1. The molecule has 1 N–H and O–H groups in total. The van der Waals surface area contributed by atoms with Crippen LogP contribution in [0, 0.1) is 0 Å². The van der Waals surface area contributed by atoms with E-state index in [1.54, 1.807) is 0 Å². The van der Waals surface area contributed by atoms with Gasteiger partial charge in [0.25, 0.3) is 5.56 Å². The second kappa shape index (κ2) is 6.41. The smallest absolute Gasteiger partial charge is 0.324 e. The second-order valence-corrected chi connectivity index (χ2v) is 5.84. The van der Waals surface area contributed by atoms with Crippen LogP contribution in [-0.2, 0) is 31.6 Å². The maximum Gasteiger partial charge on any atom is 0.418 e. The summed E-state index contributed by atoms with van der Waals surface area (Å²) in [5.41, 5.74) is -2.53. The summed E-state index contributed by atoms with van der Waals surface area (Å²) in [6, 6.07) is 4.58. The molecular formula is C16H14F3N5O3. The van der Waals surface area contributed by atoms with Crippen LogP contribution in [0.25, 0.3) is 11.2 Å². The van der Waals surface area contributed by atoms with Crippen molar-refractivity contribution in [1.82, 2.24) is 18.7 Å². The summed E-state index contributed by atoms with van der Waals surface area (Å²) in [5.74, 6) is -0.765. The molecule has 1 aromatic carbocycles. The van der Waals surface area contributed by atoms with Crippen molar-refractivity contribution in [2.24, 2.45) is 14.1 Å². The molecule has 27 heavy (non-hydrogen) atoms. The van der Waals surface area contributed by atoms with Crippen LogP contribution in [0.2, 0.25) is 0 Å². The van der Waals surface area contributed by atoms with E-state index in [0.717, 1.165) is 21.3 Å². The number of hydrogen-bond acceptors (Lipinski definition) is 4. The van der Waals surface area contributed by atoms with Crippen LogP contribution < -0.4 is 16.6 Å². The van der Waals surface area contributed by atoms with Gasteiger partial charge in [-0.3, -0.25) is 18.7 Å². The fraction of sp³-hybridized carbons (Fsp3) is 0.250. The molecule has 0 aliphatic rings. The molecule has 0 unspecified atom stereocenters. The molecule has 0 bridgehead atoms. The average molecular weight is 381 g/mol. The normalized spacial score (nSPS) is 11.7. The molecule has 8 nitrogen and oxygen atoms in total. The molecule has 0 fully saturated rings. The predicted octanol–water partition coefficient (Wildman–Crippen LogP) is 1.09. The minimum Gasteiger partial charge on any atom is -0.324 e. The van der Waals surface area contributed by atoms with E-state index in [2.05, 4.69) is 10.3 Å². The first-order valence-corrected chi connectivity index (χ1v) is 7.68. The molecule has 0 aliphatic heterocycles. The number of alkyl halides is 3. The fourth-order valence-corrected chi connectivity index (χ4v) is 2.74. The van der Waals surface area contributed by atoms with Crippen molar-refractivity contribution in [3.63, 3.8) is 0 Å². The zero-order valence-corrected chi connectivity index (χ0v) is 14.2. The number of nitrogens with zero attached hydrogens (tertiary/aromatic N) is 4. The van der Waals surface area contributed by atoms with Gasteiger partial charge in [-0.25, -0.2) is 9.78 Å². The van der Waals surface area contributed by atoms with Gasteiger partial charge in [-0.2, -0.15) is 13.2 Å². The van der Waals surface area contributed by atoms with Gasteiger partial charge in [-0.05, 0) is 12.1 Å². The number of amides is 1. The number of para-hydroxylation sites is 1. The van der Waals surface area contributed by atoms with Crippen molar-refractivity contribution in [2.45, 2.75) is 12.7 Å². The van der Waals surface area contributed by atoms with Crippen molar-refractivity contribution < 1.29 is 18.0 Å². The third kappa shape index (κ3) is 3.23. The van der Waals surface area contributed by atoms with Crippen molar-refractivity contribution in [1.29, 1.82) is 0 Å². The van der Waals surface area contributed by atoms with Crippen LogP contribution in [0.15, 0.2) is 40.2 Å². The van der Waals surface area contributed by atoms with E-state index in [0.29, 0.717) is 0 Å². The van der Waals surface area contributed by atoms with Gasteiger partial charge in [0.2, 0.25) is 5.91 Å². The first-order valence-electron chi connectivity index (χ1n) is 7.68. The Morgan fingerprint density at radius 2 is 1.81 bits per heavy atom. The molecule has 2 heterocycles. The van der Waals surface area contributed by atoms with Crippen LogP contribution in [0.1, 0.15) is 5.56 Å². The Bertz CT molecular complexity index is 1160. The second-order valence-electron chi connectivity index (χ2n) is 5.84. The third-order valence-electron chi connectivity index (χ3n) is 4.03. The molecule has 3 aromatic rings. The molecule has 1 amide bonds. The van der Waals surface area contributed by atoms with E-state index >= 15 is 0 Å². The SMILES string of the molecule is Cn1c(=O)c2ncn(CC(=O)Nc3ccccc3C(F)(F)F)c2n(C)c1=O. The topological polar surface area (TPSA) is 90.9 Å². The van der Waals surface area contributed by atoms with Crippen LogP contribution >= 0.6 is 0 Å². The van der Waals surface area contributed by atoms with Gasteiger partial charge in [0.15, 0.2) is 5.52 Å². The van der Waals surface area contributed by atoms with Crippen LogP contribution in [0.3, 0.4) is 0 Å². The Morgan fingerprint density at radius 1 is 1.15 bits per heavy atom. The van der Waals surface area contributed by atoms with Gasteiger partial charge in [-0.15, -0.1) is 0 Å². The Balaban J connectivity index is 1.95. The summed E-state index contributed by atoms with van der Waals surface area (Å²) in [5, 5.41) is 2.20. The minimum atomic E-state index is -4.62. The van der Waals surface area contributed by atoms with E-state index in [4.69, 9.17) is 0 Å². The van der Waals surface area contributed by atoms with Gasteiger partial charge in [0.1, 0.15) is 12.2 Å². The first kappa shape index (κ1) is 18.4. The number of hydrogen-bond donors (Lipinski definition) is 1. The summed E-state index contributed by atoms with van der Waals surface area (Å²) < 4.78 is 42.3. The molecule has 11 heteroatoms. The molecule has 0 atom stereocenters. The van der Waals surface area contributed by atoms with Gasteiger partial charge < -0.3 is 9.88 Å². The van der Waals surface area contributed by atoms with Gasteiger partial charge in [-0.1, -0.05) is 12.1 Å². The number of carbonyl (C=O) groups is 1. The maximum absolute atomic E-state index is 13.0. The highest BCUT2D eigenvalue weighted by Gasteiger charge is 2.33. The molecule has 0 spiro atoms. The van der Waals surface area contributed by atoms with Crippen molar-refractivity contribution in [2.75, 3.05) is 5.32 Å². The van der Waals surface area contributed by atoms with Gasteiger partial charge in [0.05, 0.1) is 17.6 Å². The number of fused-ring (bicyclic) bond motifs is 1. The molecule has 3 rings (SSSR count). The zero-order valence-electron chi connectivity index (χ0n) is 14.2. The van der Waals surface area contributed by atoms with E-state index in [1.807, 2.05) is 0 Å². The first-order chi connectivity index (χ1) is 12.6. The Morgan fingerprint density at radius 3 is 2.48 bits per heavy atom. The number of anilines is 1. The Kier molecular flexibility index (Phi) is 4.38. The van der Waals surface area contributed by atoms with E-state index < -0.39 is 35.4 Å². The van der Waals surface area contributed by atoms with Gasteiger partial charge >= 0.3 is 11.9 Å². The monoisotopic (exact) mass is 381 g/mol. The van der Waals surface area contributed by atoms with E-state index in [-0.39, 0.29) is 16.9 Å². The van der Waals surface area contributed by atoms with Crippen molar-refractivity contribution in [3.8, 4) is 0 Å². The highest BCUT2D eigenvalue weighted by Crippen LogP contribution is 2.34. The predicted molar refractivity (Wildman–Crippen MR) is 90.3 cm³/mol. The van der Waals surface area contributed by atoms with Crippen LogP contribution in [0.4, 0.5) is 18.9 Å². The van der Waals surface area contributed by atoms with Gasteiger partial charge in [0, 0.05) is 14.1 Å². The number of rotatable bonds is 3. The van der Waals surface area contributed by atoms with Crippen LogP contribution in [-0.4, -0.2) is 24.6 Å². The number of carbonyl (C=O) groups excluding carboxylic acids is 1. The quantitative estimate of drug-likeness (QED) is 0.735. The lowest BCUT2D eigenvalue weighted by Crippen LogP contribution is -2.37. The zero-order chi connectivity index (χ0) is 19.9. The molecule has 2 aromatic heterocycles. The lowest BCUT2D eigenvalue weighted by molar-refractivity contribution is -0.137. The number of aryl methyl sites for hydroxylation is 1. The number of imidazole rings is 1. The third-order valence-corrected chi connectivity index (χ3v) is 4.03. The Hall–Kier alpha value is -3.37. The number of halogens is 3. The maximum atomic E-state index is 13.0. The molecular weight excluding hydrogens is 367 g/mol. The molecule has 142 valence electrons. The number of benzene rings is 1. The number of aromatic nitrogens is 4. The van der Waals surface area contributed by atoms with Crippen molar-refractivity contribution in [3.05, 3.63) is 57.0 Å². The average Bonchev–Trinajstić information content (AvgIpc) is 3.01. The summed E-state index contributed by atoms with van der Waals surface area (Å²) in [6.07, 6.45) is -3.44. The lowest BCUT2D eigenvalue weighted by Gasteiger charge is -2.14. The van der Waals surface area contributed by atoms with Crippen LogP contribution in [0.5, 0.6) is 0 Å². The molecule has 0 aliphatic carbocycles. The lowest BCUT2D eigenvalue weighted by atomic mass is 10.1. The van der Waals surface area contributed by atoms with Crippen molar-refractivity contribution >= 4 is 22.8 Å². The summed E-state index contributed by atoms with van der Waals surface area (Å²) in [7, 11) is 2.70. The largest absolute Gasteiger partial charge is 0.418 e. The summed E-state index contributed by atoms with van der Waals surface area (Å²) in [4.78, 5) is 40.3. The fourth-order valence-electron chi connectivity index (χ4n) is 2.74. The highest BCUT2D eigenvalue weighted by molar-refractivity contribution is 5.92. The minimum absolute atomic E-state index is 0.0249. The molecule has 0 saturated carbocycles. The summed E-state index contributed by atoms with van der Waals surface area (Å²) in [6.45, 7) is -0.427. The standard InChI is InChI=1S/C16H14F3N5O3/c1-22-13-12(14(26)23(2)15(22)27)20-8-24(13)7-11(25)21-10-6-4-3-5-9(10)16(17,18)19/h3-6,8H,7H2,1-2H3,(H,21,25). The van der Waals surface area contributed by atoms with E-state index in [1.165, 1.54) is 37.1 Å². The Labute approximate surface area is 149 Å². The van der Waals surface area contributed by atoms with E-state index in [9.17, 15) is 27.6 Å². The summed E-state index contributed by atoms with van der Waals surface area (Å²) >= 11 is 0. The highest BCUT2D eigenvalue weighted by atomic mass is 19.4.